The van der Waals surface area contributed by atoms with Crippen molar-refractivity contribution in [1.82, 2.24) is 15.1 Å². The Hall–Kier alpha value is -3.10. The van der Waals surface area contributed by atoms with Crippen LogP contribution in [0.5, 0.6) is 0 Å². The third kappa shape index (κ3) is 4.22. The number of nitrogens with zero attached hydrogens (tertiary/aromatic N) is 2. The molecule has 0 spiro atoms. The number of alkyl halides is 2. The first-order chi connectivity index (χ1) is 11.4. The number of rotatable bonds is 7. The maximum absolute atomic E-state index is 12.5. The molecule has 0 aliphatic rings. The number of carbonyl (C=O) groups excluding carboxylic acids is 3. The average Bonchev–Trinajstić information content (AvgIpc) is 3.04. The number of nitrogens with one attached hydrogen (secondary N) is 1. The van der Waals surface area contributed by atoms with Gasteiger partial charge in [-0.3, -0.25) is 14.4 Å². The Morgan fingerprint density at radius 1 is 1.21 bits per heavy atom. The molecule has 1 heterocycles. The van der Waals surface area contributed by atoms with Crippen LogP contribution in [-0.4, -0.2) is 33.4 Å². The predicted octanol–water partition coefficient (Wildman–Crippen LogP) is 0.674. The summed E-state index contributed by atoms with van der Waals surface area (Å²) in [4.78, 5) is 35.1. The maximum Gasteiger partial charge on any atom is 0.333 e. The van der Waals surface area contributed by atoms with Gasteiger partial charge >= 0.3 is 6.55 Å². The lowest BCUT2D eigenvalue weighted by atomic mass is 10.0. The summed E-state index contributed by atoms with van der Waals surface area (Å²) in [5.41, 5.74) is 5.53. The van der Waals surface area contributed by atoms with Gasteiger partial charge in [-0.2, -0.15) is 13.9 Å². The van der Waals surface area contributed by atoms with Crippen LogP contribution in [0.15, 0.2) is 42.7 Å². The number of carbonyl (C=O) groups is 3. The summed E-state index contributed by atoms with van der Waals surface area (Å²) in [7, 11) is 0. The molecule has 1 aromatic carbocycles. The summed E-state index contributed by atoms with van der Waals surface area (Å²) in [6.45, 7) is -2.89. The van der Waals surface area contributed by atoms with Crippen LogP contribution in [0.3, 0.4) is 0 Å². The van der Waals surface area contributed by atoms with E-state index in [1.807, 2.05) is 0 Å². The van der Waals surface area contributed by atoms with Gasteiger partial charge in [0.05, 0.1) is 11.8 Å². The van der Waals surface area contributed by atoms with Gasteiger partial charge in [-0.1, -0.05) is 30.3 Å². The molecular formula is C15H14F2N4O3. The van der Waals surface area contributed by atoms with E-state index in [0.29, 0.717) is 10.2 Å². The van der Waals surface area contributed by atoms with Gasteiger partial charge < -0.3 is 11.1 Å². The van der Waals surface area contributed by atoms with Crippen molar-refractivity contribution >= 4 is 17.6 Å². The first-order valence-corrected chi connectivity index (χ1v) is 6.89. The zero-order valence-electron chi connectivity index (χ0n) is 12.4. The number of amides is 2. The normalized spacial score (nSPS) is 12.0. The van der Waals surface area contributed by atoms with Crippen molar-refractivity contribution < 1.29 is 23.2 Å². The van der Waals surface area contributed by atoms with Gasteiger partial charge in [0.25, 0.3) is 11.8 Å². The summed E-state index contributed by atoms with van der Waals surface area (Å²) in [6, 6.07) is 7.45. The van der Waals surface area contributed by atoms with Crippen LogP contribution < -0.4 is 11.1 Å². The number of halogens is 2. The average molecular weight is 336 g/mol. The van der Waals surface area contributed by atoms with Crippen molar-refractivity contribution in [2.75, 3.05) is 0 Å². The minimum atomic E-state index is -2.89. The summed E-state index contributed by atoms with van der Waals surface area (Å²) < 4.78 is 25.3. The monoisotopic (exact) mass is 336 g/mol. The molecule has 3 N–H and O–H groups in total. The number of benzene rings is 1. The molecule has 9 heteroatoms. The van der Waals surface area contributed by atoms with E-state index < -0.39 is 30.2 Å². The Morgan fingerprint density at radius 3 is 2.42 bits per heavy atom. The molecule has 1 atom stereocenters. The number of hydrogen-bond acceptors (Lipinski definition) is 4. The van der Waals surface area contributed by atoms with E-state index in [0.717, 1.165) is 12.4 Å². The quantitative estimate of drug-likeness (QED) is 0.725. The lowest BCUT2D eigenvalue weighted by molar-refractivity contribution is -0.137. The van der Waals surface area contributed by atoms with Crippen LogP contribution in [0.25, 0.3) is 0 Å². The van der Waals surface area contributed by atoms with Gasteiger partial charge in [-0.05, 0) is 5.56 Å². The highest BCUT2D eigenvalue weighted by atomic mass is 19.3. The third-order valence-corrected chi connectivity index (χ3v) is 3.21. The Labute approximate surface area is 135 Å². The largest absolute Gasteiger partial charge is 0.363 e. The van der Waals surface area contributed by atoms with Gasteiger partial charge in [-0.25, -0.2) is 4.68 Å². The Balaban J connectivity index is 2.16. The number of ketones is 1. The van der Waals surface area contributed by atoms with Gasteiger partial charge in [-0.15, -0.1) is 0 Å². The molecule has 0 saturated heterocycles. The third-order valence-electron chi connectivity index (χ3n) is 3.21. The second kappa shape index (κ2) is 7.44. The van der Waals surface area contributed by atoms with Crippen molar-refractivity contribution in [2.45, 2.75) is 19.0 Å². The summed E-state index contributed by atoms with van der Waals surface area (Å²) >= 11 is 0. The SMILES string of the molecule is NC(=O)C(=O)C(Cc1ccccc1)NC(=O)c1cnn(C(F)F)c1. The molecule has 0 aliphatic heterocycles. The van der Waals surface area contributed by atoms with E-state index in [9.17, 15) is 23.2 Å². The van der Waals surface area contributed by atoms with Gasteiger partial charge in [0.2, 0.25) is 5.78 Å². The zero-order valence-corrected chi connectivity index (χ0v) is 12.4. The van der Waals surface area contributed by atoms with E-state index >= 15 is 0 Å². The molecule has 0 aliphatic carbocycles. The van der Waals surface area contributed by atoms with Crippen molar-refractivity contribution in [3.8, 4) is 0 Å². The lowest BCUT2D eigenvalue weighted by Gasteiger charge is -2.15. The van der Waals surface area contributed by atoms with Crippen LogP contribution in [0.4, 0.5) is 8.78 Å². The molecular weight excluding hydrogens is 322 g/mol. The van der Waals surface area contributed by atoms with Crippen molar-refractivity contribution in [2.24, 2.45) is 5.73 Å². The Kier molecular flexibility index (Phi) is 5.35. The molecule has 0 fully saturated rings. The minimum Gasteiger partial charge on any atom is -0.363 e. The molecule has 0 saturated carbocycles. The van der Waals surface area contributed by atoms with E-state index in [-0.39, 0.29) is 12.0 Å². The molecule has 2 rings (SSSR count). The fraction of sp³-hybridized carbons (Fsp3) is 0.200. The highest BCUT2D eigenvalue weighted by Gasteiger charge is 2.26. The summed E-state index contributed by atoms with van der Waals surface area (Å²) in [6.07, 6.45) is 1.82. The summed E-state index contributed by atoms with van der Waals surface area (Å²) in [5.74, 6) is -2.98. The Morgan fingerprint density at radius 2 is 1.88 bits per heavy atom. The molecule has 1 unspecified atom stereocenters. The number of Topliss-reactive ketones (excluding diaryl/α,β-unsaturated/α-hetero) is 1. The molecule has 0 radical (unpaired) electrons. The number of nitrogens with two attached hydrogens (primary N) is 1. The minimum absolute atomic E-state index is 0.0390. The summed E-state index contributed by atoms with van der Waals surface area (Å²) in [5, 5.41) is 5.66. The molecule has 0 bridgehead atoms. The lowest BCUT2D eigenvalue weighted by Crippen LogP contribution is -2.47. The van der Waals surface area contributed by atoms with E-state index in [2.05, 4.69) is 10.4 Å². The van der Waals surface area contributed by atoms with Crippen LogP contribution in [0, 0.1) is 0 Å². The van der Waals surface area contributed by atoms with Crippen LogP contribution >= 0.6 is 0 Å². The predicted molar refractivity (Wildman–Crippen MR) is 79.1 cm³/mol. The highest BCUT2D eigenvalue weighted by molar-refractivity contribution is 6.38. The Bertz CT molecular complexity index is 746. The second-order valence-electron chi connectivity index (χ2n) is 4.93. The molecule has 2 aromatic rings. The van der Waals surface area contributed by atoms with Crippen molar-refractivity contribution in [3.63, 3.8) is 0 Å². The fourth-order valence-corrected chi connectivity index (χ4v) is 2.03. The number of aromatic nitrogens is 2. The molecule has 24 heavy (non-hydrogen) atoms. The number of primary amides is 1. The maximum atomic E-state index is 12.5. The first-order valence-electron chi connectivity index (χ1n) is 6.89. The second-order valence-corrected chi connectivity index (χ2v) is 4.93. The zero-order chi connectivity index (χ0) is 17.7. The molecule has 2 amide bonds. The van der Waals surface area contributed by atoms with Gasteiger partial charge in [0.15, 0.2) is 0 Å². The molecule has 126 valence electrons. The van der Waals surface area contributed by atoms with E-state index in [1.165, 1.54) is 0 Å². The number of hydrogen-bond donors (Lipinski definition) is 2. The molecule has 7 nitrogen and oxygen atoms in total. The van der Waals surface area contributed by atoms with Crippen LogP contribution in [0.2, 0.25) is 0 Å². The van der Waals surface area contributed by atoms with E-state index in [4.69, 9.17) is 5.73 Å². The first kappa shape index (κ1) is 17.3. The standard InChI is InChI=1S/C15H14F2N4O3/c16-15(17)21-8-10(7-19-21)14(24)20-11(12(22)13(18)23)6-9-4-2-1-3-5-9/h1-5,7-8,11,15H,6H2,(H2,18,23)(H,20,24). The fourth-order valence-electron chi connectivity index (χ4n) is 2.03. The topological polar surface area (TPSA) is 107 Å². The highest BCUT2D eigenvalue weighted by Crippen LogP contribution is 2.10. The smallest absolute Gasteiger partial charge is 0.333 e. The van der Waals surface area contributed by atoms with Crippen LogP contribution in [0.1, 0.15) is 22.5 Å². The van der Waals surface area contributed by atoms with Crippen molar-refractivity contribution in [3.05, 3.63) is 53.9 Å². The molecule has 1 aromatic heterocycles. The van der Waals surface area contributed by atoms with Gasteiger partial charge in [0, 0.05) is 12.6 Å². The van der Waals surface area contributed by atoms with Crippen molar-refractivity contribution in [1.29, 1.82) is 0 Å². The van der Waals surface area contributed by atoms with E-state index in [1.54, 1.807) is 30.3 Å². The van der Waals surface area contributed by atoms with Gasteiger partial charge in [0.1, 0.15) is 6.04 Å². The van der Waals surface area contributed by atoms with Crippen LogP contribution in [-0.2, 0) is 16.0 Å².